The molecule has 0 saturated carbocycles. The Labute approximate surface area is 163 Å². The molecule has 0 fully saturated rings. The molecule has 0 amide bonds. The van der Waals surface area contributed by atoms with Gasteiger partial charge in [0.05, 0.1) is 11.9 Å². The van der Waals surface area contributed by atoms with Crippen molar-refractivity contribution in [2.24, 2.45) is 0 Å². The van der Waals surface area contributed by atoms with Crippen LogP contribution in [-0.4, -0.2) is 15.6 Å². The molecule has 1 heterocycles. The van der Waals surface area contributed by atoms with Gasteiger partial charge in [0.1, 0.15) is 5.82 Å². The molecule has 26 heavy (non-hydrogen) atoms. The second kappa shape index (κ2) is 6.71. The Balaban J connectivity index is 1.91. The van der Waals surface area contributed by atoms with Gasteiger partial charge in [-0.2, -0.15) is 0 Å². The lowest BCUT2D eigenvalue weighted by Gasteiger charge is -2.16. The van der Waals surface area contributed by atoms with Gasteiger partial charge in [0, 0.05) is 33.0 Å². The number of benzene rings is 2. The standard InChI is InChI=1S/C20H16BrClFNO2/c21-17-9-14(23)8-16-15-6-3-12(7-18(25)26)19(15)24(20(16)17)10-11-1-4-13(22)5-2-11/h1-2,4-5,8-9,12H,3,6-7,10H2,(H,25,26)/t12-/m1/s1/i18+2. The summed E-state index contributed by atoms with van der Waals surface area (Å²) in [4.78, 5) is 11.3. The summed E-state index contributed by atoms with van der Waals surface area (Å²) >= 11 is 9.48. The van der Waals surface area contributed by atoms with Crippen LogP contribution in [0.5, 0.6) is 0 Å². The number of rotatable bonds is 4. The van der Waals surface area contributed by atoms with Gasteiger partial charge >= 0.3 is 5.97 Å². The van der Waals surface area contributed by atoms with Gasteiger partial charge in [-0.05, 0) is 64.2 Å². The highest BCUT2D eigenvalue weighted by Gasteiger charge is 2.32. The van der Waals surface area contributed by atoms with Gasteiger partial charge in [-0.25, -0.2) is 4.39 Å². The van der Waals surface area contributed by atoms with Crippen molar-refractivity contribution in [1.82, 2.24) is 4.57 Å². The van der Waals surface area contributed by atoms with Crippen molar-refractivity contribution in [1.29, 1.82) is 0 Å². The SMILES string of the molecule is O=[14C](O)C[C@H]1CCc2c1n(Cc1ccc(Cl)cc1)c1c(Br)cc(F)cc21. The average molecular weight is 439 g/mol. The molecule has 0 radical (unpaired) electrons. The molecule has 3 aromatic rings. The van der Waals surface area contributed by atoms with E-state index in [0.717, 1.165) is 40.6 Å². The molecule has 0 bridgehead atoms. The van der Waals surface area contributed by atoms with Gasteiger partial charge in [-0.1, -0.05) is 23.7 Å². The van der Waals surface area contributed by atoms with E-state index in [9.17, 15) is 14.3 Å². The molecule has 4 rings (SSSR count). The Morgan fingerprint density at radius 2 is 2.04 bits per heavy atom. The smallest absolute Gasteiger partial charge is 0.304 e. The second-order valence-electron chi connectivity index (χ2n) is 6.69. The fraction of sp³-hybridized carbons (Fsp3) is 0.250. The lowest BCUT2D eigenvalue weighted by atomic mass is 10.1. The molecule has 1 aromatic heterocycles. The molecule has 1 aliphatic carbocycles. The zero-order chi connectivity index (χ0) is 18.4. The lowest BCUT2D eigenvalue weighted by Crippen LogP contribution is -2.10. The van der Waals surface area contributed by atoms with Gasteiger partial charge in [0.2, 0.25) is 0 Å². The van der Waals surface area contributed by atoms with Crippen LogP contribution < -0.4 is 0 Å². The number of aryl methyl sites for hydroxylation is 1. The van der Waals surface area contributed by atoms with Crippen LogP contribution in [0.1, 0.15) is 35.6 Å². The van der Waals surface area contributed by atoms with Crippen LogP contribution in [0.2, 0.25) is 5.02 Å². The molecule has 1 N–H and O–H groups in total. The summed E-state index contributed by atoms with van der Waals surface area (Å²) in [6.07, 6.45) is 1.64. The van der Waals surface area contributed by atoms with E-state index in [0.29, 0.717) is 16.0 Å². The first-order valence-electron chi connectivity index (χ1n) is 8.40. The number of halogens is 3. The van der Waals surface area contributed by atoms with Crippen LogP contribution in [0.4, 0.5) is 4.39 Å². The molecular formula is C20H16BrClFNO2. The maximum absolute atomic E-state index is 14.0. The number of carbonyl (C=O) groups is 1. The Kier molecular flexibility index (Phi) is 4.53. The number of fused-ring (bicyclic) bond motifs is 3. The number of hydrogen-bond donors (Lipinski definition) is 1. The van der Waals surface area contributed by atoms with E-state index >= 15 is 0 Å². The van der Waals surface area contributed by atoms with E-state index in [1.54, 1.807) is 6.07 Å². The monoisotopic (exact) mass is 437 g/mol. The van der Waals surface area contributed by atoms with Crippen molar-refractivity contribution in [2.45, 2.75) is 31.7 Å². The molecule has 0 aliphatic heterocycles. The first-order valence-corrected chi connectivity index (χ1v) is 9.57. The Morgan fingerprint density at radius 1 is 1.31 bits per heavy atom. The number of hydrogen-bond acceptors (Lipinski definition) is 1. The largest absolute Gasteiger partial charge is 0.481 e. The van der Waals surface area contributed by atoms with Crippen LogP contribution in [0.15, 0.2) is 40.9 Å². The number of carboxylic acid groups (broad SMARTS) is 1. The zero-order valence-electron chi connectivity index (χ0n) is 13.8. The normalized spacial score (nSPS) is 16.2. The van der Waals surface area contributed by atoms with Crippen LogP contribution >= 0.6 is 27.5 Å². The van der Waals surface area contributed by atoms with Crippen molar-refractivity contribution in [3.8, 4) is 0 Å². The first kappa shape index (κ1) is 17.6. The molecule has 6 heteroatoms. The van der Waals surface area contributed by atoms with Crippen molar-refractivity contribution in [3.05, 3.63) is 68.5 Å². The number of nitrogens with zero attached hydrogens (tertiary/aromatic N) is 1. The third-order valence-corrected chi connectivity index (χ3v) is 5.88. The Bertz CT molecular complexity index is 1010. The average Bonchev–Trinajstić information content (AvgIpc) is 3.09. The minimum atomic E-state index is -0.809. The highest BCUT2D eigenvalue weighted by molar-refractivity contribution is 9.10. The van der Waals surface area contributed by atoms with E-state index in [2.05, 4.69) is 20.5 Å². The summed E-state index contributed by atoms with van der Waals surface area (Å²) in [5, 5.41) is 10.8. The minimum absolute atomic E-state index is 0.0582. The maximum atomic E-state index is 14.0. The maximum Gasteiger partial charge on any atom is 0.304 e. The lowest BCUT2D eigenvalue weighted by molar-refractivity contribution is -0.137. The molecule has 2 aromatic carbocycles. The number of carboxylic acids is 1. The summed E-state index contributed by atoms with van der Waals surface area (Å²) < 4.78 is 16.8. The number of aromatic nitrogens is 1. The third-order valence-electron chi connectivity index (χ3n) is 5.03. The van der Waals surface area contributed by atoms with E-state index < -0.39 is 5.97 Å². The van der Waals surface area contributed by atoms with Gasteiger partial charge in [-0.3, -0.25) is 4.79 Å². The predicted molar refractivity (Wildman–Crippen MR) is 103 cm³/mol. The Hall–Kier alpha value is -1.85. The number of aliphatic carboxylic acids is 1. The second-order valence-corrected chi connectivity index (χ2v) is 7.98. The summed E-state index contributed by atoms with van der Waals surface area (Å²) in [7, 11) is 0. The van der Waals surface area contributed by atoms with E-state index in [4.69, 9.17) is 11.6 Å². The summed E-state index contributed by atoms with van der Waals surface area (Å²) in [6, 6.07) is 10.6. The summed E-state index contributed by atoms with van der Waals surface area (Å²) in [6.45, 7) is 0.587. The third kappa shape index (κ3) is 3.03. The predicted octanol–water partition coefficient (Wildman–Crippen LogP) is 5.75. The zero-order valence-corrected chi connectivity index (χ0v) is 16.1. The molecule has 0 spiro atoms. The first-order chi connectivity index (χ1) is 12.4. The summed E-state index contributed by atoms with van der Waals surface area (Å²) in [5.74, 6) is -1.16. The van der Waals surface area contributed by atoms with Gasteiger partial charge in [0.25, 0.3) is 0 Å². The van der Waals surface area contributed by atoms with E-state index in [-0.39, 0.29) is 18.2 Å². The highest BCUT2D eigenvalue weighted by Crippen LogP contribution is 2.44. The summed E-state index contributed by atoms with van der Waals surface area (Å²) in [5.41, 5.74) is 4.07. The fourth-order valence-electron chi connectivity index (χ4n) is 4.02. The van der Waals surface area contributed by atoms with Crippen molar-refractivity contribution in [2.75, 3.05) is 0 Å². The van der Waals surface area contributed by atoms with Crippen LogP contribution in [0, 0.1) is 5.82 Å². The molecule has 0 unspecified atom stereocenters. The van der Waals surface area contributed by atoms with Gasteiger partial charge in [-0.15, -0.1) is 0 Å². The molecule has 134 valence electrons. The van der Waals surface area contributed by atoms with Crippen LogP contribution in [-0.2, 0) is 17.8 Å². The van der Waals surface area contributed by atoms with E-state index in [1.165, 1.54) is 6.07 Å². The Morgan fingerprint density at radius 3 is 2.73 bits per heavy atom. The quantitative estimate of drug-likeness (QED) is 0.563. The minimum Gasteiger partial charge on any atom is -0.481 e. The van der Waals surface area contributed by atoms with Crippen LogP contribution in [0.3, 0.4) is 0 Å². The fourth-order valence-corrected chi connectivity index (χ4v) is 4.79. The highest BCUT2D eigenvalue weighted by atomic mass is 79.9. The van der Waals surface area contributed by atoms with Crippen molar-refractivity contribution >= 4 is 44.4 Å². The molecule has 1 atom stereocenters. The van der Waals surface area contributed by atoms with Crippen molar-refractivity contribution in [3.63, 3.8) is 0 Å². The van der Waals surface area contributed by atoms with Crippen molar-refractivity contribution < 1.29 is 14.3 Å². The molecule has 1 aliphatic rings. The van der Waals surface area contributed by atoms with Crippen LogP contribution in [0.25, 0.3) is 10.9 Å². The molecular weight excluding hydrogens is 423 g/mol. The molecule has 0 saturated heterocycles. The van der Waals surface area contributed by atoms with E-state index in [1.807, 2.05) is 24.3 Å². The topological polar surface area (TPSA) is 42.2 Å². The van der Waals surface area contributed by atoms with Gasteiger partial charge in [0.15, 0.2) is 0 Å². The molecule has 3 nitrogen and oxygen atoms in total. The van der Waals surface area contributed by atoms with Gasteiger partial charge < -0.3 is 9.67 Å².